The lowest BCUT2D eigenvalue weighted by atomic mass is 10.1. The van der Waals surface area contributed by atoms with E-state index in [-0.39, 0.29) is 0 Å². The molecule has 1 aliphatic heterocycles. The third kappa shape index (κ3) is 2.50. The van der Waals surface area contributed by atoms with Crippen LogP contribution in [0.15, 0.2) is 60.7 Å². The molecule has 1 N–H and O–H groups in total. The van der Waals surface area contributed by atoms with E-state index < -0.39 is 0 Å². The summed E-state index contributed by atoms with van der Waals surface area (Å²) in [4.78, 5) is 2.70. The second-order valence-electron chi connectivity index (χ2n) is 6.46. The molecule has 0 amide bonds. The van der Waals surface area contributed by atoms with E-state index in [0.717, 1.165) is 25.6 Å². The van der Waals surface area contributed by atoms with Crippen LogP contribution in [0.4, 0.5) is 0 Å². The Morgan fingerprint density at radius 3 is 1.90 bits per heavy atom. The minimum Gasteiger partial charge on any atom is -0.315 e. The molecule has 2 aromatic rings. The zero-order valence-corrected chi connectivity index (χ0v) is 12.3. The summed E-state index contributed by atoms with van der Waals surface area (Å²) < 4.78 is 0. The maximum atomic E-state index is 3.57. The highest BCUT2D eigenvalue weighted by Crippen LogP contribution is 2.51. The lowest BCUT2D eigenvalue weighted by Crippen LogP contribution is -2.40. The zero-order chi connectivity index (χ0) is 14.1. The number of hydrogen-bond acceptors (Lipinski definition) is 2. The van der Waals surface area contributed by atoms with Crippen molar-refractivity contribution in [3.8, 4) is 0 Å². The van der Waals surface area contributed by atoms with E-state index >= 15 is 0 Å². The van der Waals surface area contributed by atoms with Crippen molar-refractivity contribution in [2.24, 2.45) is 5.92 Å². The normalized spacial score (nSPS) is 26.8. The van der Waals surface area contributed by atoms with Crippen LogP contribution in [-0.4, -0.2) is 23.5 Å². The fourth-order valence-corrected chi connectivity index (χ4v) is 3.79. The molecule has 2 heteroatoms. The fourth-order valence-electron chi connectivity index (χ4n) is 3.79. The predicted molar refractivity (Wildman–Crippen MR) is 85.8 cm³/mol. The molecule has 1 aliphatic carbocycles. The van der Waals surface area contributed by atoms with E-state index in [1.165, 1.54) is 24.1 Å². The summed E-state index contributed by atoms with van der Waals surface area (Å²) in [7, 11) is 0. The smallest absolute Gasteiger partial charge is 0.0385 e. The Bertz CT molecular complexity index is 554. The van der Waals surface area contributed by atoms with Crippen molar-refractivity contribution in [1.82, 2.24) is 10.2 Å². The minimum atomic E-state index is 0.408. The SMILES string of the molecule is c1ccc(CN(Cc2ccccc2)C23CNCC2C3)cc1. The Labute approximate surface area is 126 Å². The number of benzene rings is 2. The average Bonchev–Trinajstić information content (AvgIpc) is 3.10. The summed E-state index contributed by atoms with van der Waals surface area (Å²) in [6.45, 7) is 4.44. The molecule has 4 rings (SSSR count). The number of hydrogen-bond donors (Lipinski definition) is 1. The molecule has 108 valence electrons. The molecule has 2 atom stereocenters. The van der Waals surface area contributed by atoms with Gasteiger partial charge in [0.25, 0.3) is 0 Å². The first-order valence-electron chi connectivity index (χ1n) is 7.90. The summed E-state index contributed by atoms with van der Waals surface area (Å²) in [5, 5.41) is 3.57. The molecule has 0 aromatic heterocycles. The molecule has 1 heterocycles. The van der Waals surface area contributed by atoms with Crippen LogP contribution in [-0.2, 0) is 13.1 Å². The monoisotopic (exact) mass is 278 g/mol. The molecule has 2 unspecified atom stereocenters. The van der Waals surface area contributed by atoms with Gasteiger partial charge in [-0.3, -0.25) is 4.90 Å². The first-order valence-corrected chi connectivity index (χ1v) is 7.90. The molecule has 2 fully saturated rings. The van der Waals surface area contributed by atoms with E-state index in [2.05, 4.69) is 70.9 Å². The fraction of sp³-hybridized carbons (Fsp3) is 0.368. The van der Waals surface area contributed by atoms with Gasteiger partial charge in [0.1, 0.15) is 0 Å². The van der Waals surface area contributed by atoms with Gasteiger partial charge in [-0.1, -0.05) is 60.7 Å². The number of rotatable bonds is 5. The van der Waals surface area contributed by atoms with E-state index in [0.29, 0.717) is 5.54 Å². The zero-order valence-electron chi connectivity index (χ0n) is 12.3. The van der Waals surface area contributed by atoms with Crippen molar-refractivity contribution in [2.75, 3.05) is 13.1 Å². The number of fused-ring (bicyclic) bond motifs is 1. The van der Waals surface area contributed by atoms with Gasteiger partial charge in [0, 0.05) is 25.2 Å². The van der Waals surface area contributed by atoms with Crippen LogP contribution < -0.4 is 5.32 Å². The van der Waals surface area contributed by atoms with Crippen molar-refractivity contribution in [3.05, 3.63) is 71.8 Å². The van der Waals surface area contributed by atoms with E-state index in [4.69, 9.17) is 0 Å². The molecule has 21 heavy (non-hydrogen) atoms. The number of piperidine rings is 1. The Hall–Kier alpha value is -1.64. The molecule has 0 bridgehead atoms. The largest absolute Gasteiger partial charge is 0.315 e. The average molecular weight is 278 g/mol. The maximum Gasteiger partial charge on any atom is 0.0385 e. The molecular formula is C19H22N2. The maximum absolute atomic E-state index is 3.57. The Kier molecular flexibility index (Phi) is 3.28. The molecular weight excluding hydrogens is 256 g/mol. The van der Waals surface area contributed by atoms with Crippen molar-refractivity contribution in [3.63, 3.8) is 0 Å². The quantitative estimate of drug-likeness (QED) is 0.904. The van der Waals surface area contributed by atoms with Gasteiger partial charge in [-0.25, -0.2) is 0 Å². The van der Waals surface area contributed by atoms with E-state index in [1.807, 2.05) is 0 Å². The third-order valence-corrected chi connectivity index (χ3v) is 5.08. The van der Waals surface area contributed by atoms with Crippen LogP contribution in [0.5, 0.6) is 0 Å². The van der Waals surface area contributed by atoms with Gasteiger partial charge >= 0.3 is 0 Å². The van der Waals surface area contributed by atoms with Crippen LogP contribution in [0, 0.1) is 5.92 Å². The number of nitrogens with zero attached hydrogens (tertiary/aromatic N) is 1. The summed E-state index contributed by atoms with van der Waals surface area (Å²) in [5.41, 5.74) is 3.24. The van der Waals surface area contributed by atoms with Gasteiger partial charge in [0.2, 0.25) is 0 Å². The van der Waals surface area contributed by atoms with Crippen molar-refractivity contribution in [2.45, 2.75) is 25.0 Å². The lowest BCUT2D eigenvalue weighted by Gasteiger charge is -2.31. The lowest BCUT2D eigenvalue weighted by molar-refractivity contribution is 0.160. The Balaban J connectivity index is 1.57. The highest BCUT2D eigenvalue weighted by Gasteiger charge is 2.60. The van der Waals surface area contributed by atoms with Gasteiger partial charge in [-0.05, 0) is 30.0 Å². The second kappa shape index (κ2) is 5.28. The summed E-state index contributed by atoms with van der Waals surface area (Å²) in [6, 6.07) is 21.7. The molecule has 1 saturated heterocycles. The highest BCUT2D eigenvalue weighted by molar-refractivity contribution is 5.23. The van der Waals surface area contributed by atoms with E-state index in [9.17, 15) is 0 Å². The molecule has 2 aliphatic rings. The van der Waals surface area contributed by atoms with Crippen LogP contribution in [0.3, 0.4) is 0 Å². The minimum absolute atomic E-state index is 0.408. The van der Waals surface area contributed by atoms with Gasteiger partial charge in [-0.2, -0.15) is 0 Å². The summed E-state index contributed by atoms with van der Waals surface area (Å²) in [5.74, 6) is 0.852. The van der Waals surface area contributed by atoms with Gasteiger partial charge in [-0.15, -0.1) is 0 Å². The van der Waals surface area contributed by atoms with Crippen molar-refractivity contribution in [1.29, 1.82) is 0 Å². The first kappa shape index (κ1) is 13.1. The highest BCUT2D eigenvalue weighted by atomic mass is 15.3. The summed E-state index contributed by atoms with van der Waals surface area (Å²) in [6.07, 6.45) is 1.36. The standard InChI is InChI=1S/C19H22N2/c1-3-7-16(8-4-1)13-21(14-17-9-5-2-6-10-17)19-11-18(19)12-20-15-19/h1-10,18,20H,11-15H2. The molecule has 0 radical (unpaired) electrons. The van der Waals surface area contributed by atoms with Crippen LogP contribution >= 0.6 is 0 Å². The predicted octanol–water partition coefficient (Wildman–Crippen LogP) is 3.05. The molecule has 2 nitrogen and oxygen atoms in total. The van der Waals surface area contributed by atoms with Crippen LogP contribution in [0.2, 0.25) is 0 Å². The molecule has 0 spiro atoms. The van der Waals surface area contributed by atoms with Crippen molar-refractivity contribution < 1.29 is 0 Å². The van der Waals surface area contributed by atoms with Gasteiger partial charge in [0.15, 0.2) is 0 Å². The second-order valence-corrected chi connectivity index (χ2v) is 6.46. The van der Waals surface area contributed by atoms with Crippen LogP contribution in [0.25, 0.3) is 0 Å². The number of nitrogens with one attached hydrogen (secondary N) is 1. The Morgan fingerprint density at radius 1 is 0.905 bits per heavy atom. The van der Waals surface area contributed by atoms with Crippen molar-refractivity contribution >= 4 is 0 Å². The molecule has 2 aromatic carbocycles. The van der Waals surface area contributed by atoms with Crippen LogP contribution in [0.1, 0.15) is 17.5 Å². The summed E-state index contributed by atoms with van der Waals surface area (Å²) >= 11 is 0. The third-order valence-electron chi connectivity index (χ3n) is 5.08. The van der Waals surface area contributed by atoms with E-state index in [1.54, 1.807) is 0 Å². The first-order chi connectivity index (χ1) is 10.4. The van der Waals surface area contributed by atoms with Gasteiger partial charge in [0.05, 0.1) is 0 Å². The Morgan fingerprint density at radius 2 is 1.48 bits per heavy atom. The topological polar surface area (TPSA) is 15.3 Å². The van der Waals surface area contributed by atoms with Gasteiger partial charge < -0.3 is 5.32 Å². The molecule has 1 saturated carbocycles.